The van der Waals surface area contributed by atoms with Gasteiger partial charge in [-0.1, -0.05) is 6.07 Å². The molecular formula is C14H13N5S. The first kappa shape index (κ1) is 11.7. The quantitative estimate of drug-likeness (QED) is 0.782. The Labute approximate surface area is 120 Å². The minimum absolute atomic E-state index is 0.0907. The van der Waals surface area contributed by atoms with Gasteiger partial charge < -0.3 is 9.88 Å². The predicted octanol–water partition coefficient (Wildman–Crippen LogP) is 2.09. The van der Waals surface area contributed by atoms with Crippen LogP contribution in [0.15, 0.2) is 42.0 Å². The first-order valence-corrected chi connectivity index (χ1v) is 7.42. The van der Waals surface area contributed by atoms with Gasteiger partial charge in [0.1, 0.15) is 0 Å². The number of hydrogen-bond donors (Lipinski definition) is 1. The number of pyridine rings is 1. The summed E-state index contributed by atoms with van der Waals surface area (Å²) >= 11 is 1.70. The van der Waals surface area contributed by atoms with Crippen LogP contribution in [0.1, 0.15) is 17.4 Å². The normalized spacial score (nSPS) is 17.9. The minimum Gasteiger partial charge on any atom is -0.307 e. The first-order valence-electron chi connectivity index (χ1n) is 6.54. The summed E-state index contributed by atoms with van der Waals surface area (Å²) in [5.41, 5.74) is 1.17. The Morgan fingerprint density at radius 3 is 2.90 bits per heavy atom. The van der Waals surface area contributed by atoms with Gasteiger partial charge in [0.2, 0.25) is 0 Å². The summed E-state index contributed by atoms with van der Waals surface area (Å²) in [5.74, 6) is 1.95. The standard InChI is InChI=1S/C14H13N5S/c1-2-11(20-9-1)13-17-18-14-12(16-7-8-19(13)14)10-3-5-15-6-4-10/h1-6,9,12,16H,7-8H2. The van der Waals surface area contributed by atoms with E-state index < -0.39 is 0 Å². The van der Waals surface area contributed by atoms with Crippen LogP contribution in [0.3, 0.4) is 0 Å². The van der Waals surface area contributed by atoms with E-state index in [0.29, 0.717) is 0 Å². The maximum Gasteiger partial charge on any atom is 0.174 e. The lowest BCUT2D eigenvalue weighted by Crippen LogP contribution is -2.34. The Hall–Kier alpha value is -2.05. The Bertz CT molecular complexity index is 705. The van der Waals surface area contributed by atoms with Crippen LogP contribution in [-0.4, -0.2) is 26.3 Å². The van der Waals surface area contributed by atoms with Crippen LogP contribution in [-0.2, 0) is 6.54 Å². The second kappa shape index (κ2) is 4.81. The minimum atomic E-state index is 0.0907. The fourth-order valence-electron chi connectivity index (χ4n) is 2.57. The summed E-state index contributed by atoms with van der Waals surface area (Å²) < 4.78 is 2.22. The van der Waals surface area contributed by atoms with Gasteiger partial charge in [-0.15, -0.1) is 21.5 Å². The van der Waals surface area contributed by atoms with Gasteiger partial charge in [-0.3, -0.25) is 4.98 Å². The molecule has 20 heavy (non-hydrogen) atoms. The van der Waals surface area contributed by atoms with Crippen molar-refractivity contribution in [2.75, 3.05) is 6.54 Å². The van der Waals surface area contributed by atoms with E-state index in [9.17, 15) is 0 Å². The highest BCUT2D eigenvalue weighted by molar-refractivity contribution is 7.13. The molecule has 0 fully saturated rings. The monoisotopic (exact) mass is 283 g/mol. The molecule has 0 radical (unpaired) electrons. The number of rotatable bonds is 2. The molecule has 1 aliphatic heterocycles. The molecule has 0 aliphatic carbocycles. The van der Waals surface area contributed by atoms with Gasteiger partial charge in [-0.05, 0) is 29.1 Å². The molecule has 0 aromatic carbocycles. The number of nitrogens with zero attached hydrogens (tertiary/aromatic N) is 4. The van der Waals surface area contributed by atoms with E-state index >= 15 is 0 Å². The third-order valence-corrected chi connectivity index (χ3v) is 4.37. The first-order chi connectivity index (χ1) is 9.93. The van der Waals surface area contributed by atoms with Crippen molar-refractivity contribution in [3.8, 4) is 10.7 Å². The Balaban J connectivity index is 1.80. The van der Waals surface area contributed by atoms with Crippen LogP contribution < -0.4 is 5.32 Å². The molecular weight excluding hydrogens is 270 g/mol. The third kappa shape index (κ3) is 1.85. The molecule has 0 bridgehead atoms. The van der Waals surface area contributed by atoms with Gasteiger partial charge in [-0.25, -0.2) is 0 Å². The number of hydrogen-bond acceptors (Lipinski definition) is 5. The van der Waals surface area contributed by atoms with Crippen molar-refractivity contribution in [2.24, 2.45) is 0 Å². The molecule has 100 valence electrons. The fourth-order valence-corrected chi connectivity index (χ4v) is 3.29. The molecule has 0 spiro atoms. The zero-order valence-electron chi connectivity index (χ0n) is 10.7. The average molecular weight is 283 g/mol. The van der Waals surface area contributed by atoms with Crippen LogP contribution in [0.2, 0.25) is 0 Å². The van der Waals surface area contributed by atoms with Gasteiger partial charge in [0.25, 0.3) is 0 Å². The summed E-state index contributed by atoms with van der Waals surface area (Å²) in [6, 6.07) is 8.27. The molecule has 0 saturated heterocycles. The van der Waals surface area contributed by atoms with E-state index in [1.165, 1.54) is 10.4 Å². The van der Waals surface area contributed by atoms with Gasteiger partial charge in [0.05, 0.1) is 10.9 Å². The lowest BCUT2D eigenvalue weighted by atomic mass is 10.1. The molecule has 6 heteroatoms. The Morgan fingerprint density at radius 1 is 1.20 bits per heavy atom. The summed E-state index contributed by atoms with van der Waals surface area (Å²) in [6.07, 6.45) is 3.62. The summed E-state index contributed by atoms with van der Waals surface area (Å²) in [6.45, 7) is 1.81. The largest absolute Gasteiger partial charge is 0.307 e. The SMILES string of the molecule is c1csc(-c2nnc3n2CCNC3c2ccncc2)c1. The van der Waals surface area contributed by atoms with Gasteiger partial charge in [0, 0.05) is 25.5 Å². The summed E-state index contributed by atoms with van der Waals surface area (Å²) in [5, 5.41) is 14.4. The van der Waals surface area contributed by atoms with Crippen LogP contribution in [0.25, 0.3) is 10.7 Å². The topological polar surface area (TPSA) is 55.6 Å². The Morgan fingerprint density at radius 2 is 2.10 bits per heavy atom. The highest BCUT2D eigenvalue weighted by Gasteiger charge is 2.26. The second-order valence-electron chi connectivity index (χ2n) is 4.68. The molecule has 4 heterocycles. The number of nitrogens with one attached hydrogen (secondary N) is 1. The molecule has 1 atom stereocenters. The zero-order valence-corrected chi connectivity index (χ0v) is 11.5. The van der Waals surface area contributed by atoms with Gasteiger partial charge in [-0.2, -0.15) is 0 Å². The van der Waals surface area contributed by atoms with Crippen molar-refractivity contribution in [1.82, 2.24) is 25.1 Å². The maximum atomic E-state index is 4.41. The fraction of sp³-hybridized carbons (Fsp3) is 0.214. The molecule has 5 nitrogen and oxygen atoms in total. The molecule has 4 rings (SSSR count). The number of aromatic nitrogens is 4. The zero-order chi connectivity index (χ0) is 13.4. The smallest absolute Gasteiger partial charge is 0.174 e. The molecule has 3 aromatic heterocycles. The van der Waals surface area contributed by atoms with Gasteiger partial charge >= 0.3 is 0 Å². The van der Waals surface area contributed by atoms with E-state index in [-0.39, 0.29) is 6.04 Å². The van der Waals surface area contributed by atoms with Crippen molar-refractivity contribution in [1.29, 1.82) is 0 Å². The highest BCUT2D eigenvalue weighted by Crippen LogP contribution is 2.29. The van der Waals surface area contributed by atoms with Crippen molar-refractivity contribution < 1.29 is 0 Å². The van der Waals surface area contributed by atoms with Crippen molar-refractivity contribution >= 4 is 11.3 Å². The van der Waals surface area contributed by atoms with Crippen molar-refractivity contribution in [3.05, 3.63) is 53.4 Å². The van der Waals surface area contributed by atoms with Crippen LogP contribution in [0.5, 0.6) is 0 Å². The lowest BCUT2D eigenvalue weighted by Gasteiger charge is -2.25. The lowest BCUT2D eigenvalue weighted by molar-refractivity contribution is 0.458. The van der Waals surface area contributed by atoms with Crippen molar-refractivity contribution in [3.63, 3.8) is 0 Å². The van der Waals surface area contributed by atoms with Crippen LogP contribution in [0, 0.1) is 0 Å². The molecule has 1 N–H and O–H groups in total. The molecule has 1 unspecified atom stereocenters. The highest BCUT2D eigenvalue weighted by atomic mass is 32.1. The van der Waals surface area contributed by atoms with E-state index in [1.54, 1.807) is 11.3 Å². The van der Waals surface area contributed by atoms with E-state index in [1.807, 2.05) is 30.6 Å². The molecule has 1 aliphatic rings. The molecule has 0 amide bonds. The van der Waals surface area contributed by atoms with E-state index in [0.717, 1.165) is 24.7 Å². The predicted molar refractivity (Wildman–Crippen MR) is 77.4 cm³/mol. The number of thiophene rings is 1. The Kier molecular flexibility index (Phi) is 2.82. The summed E-state index contributed by atoms with van der Waals surface area (Å²) in [4.78, 5) is 5.24. The van der Waals surface area contributed by atoms with Gasteiger partial charge in [0.15, 0.2) is 11.6 Å². The van der Waals surface area contributed by atoms with Crippen LogP contribution >= 0.6 is 11.3 Å². The van der Waals surface area contributed by atoms with E-state index in [2.05, 4.69) is 36.5 Å². The third-order valence-electron chi connectivity index (χ3n) is 3.50. The summed E-state index contributed by atoms with van der Waals surface area (Å²) in [7, 11) is 0. The molecule has 3 aromatic rings. The maximum absolute atomic E-state index is 4.41. The number of fused-ring (bicyclic) bond motifs is 1. The van der Waals surface area contributed by atoms with E-state index in [4.69, 9.17) is 0 Å². The van der Waals surface area contributed by atoms with Crippen LogP contribution in [0.4, 0.5) is 0 Å². The molecule has 0 saturated carbocycles. The second-order valence-corrected chi connectivity index (χ2v) is 5.63. The average Bonchev–Trinajstić information content (AvgIpc) is 3.16. The van der Waals surface area contributed by atoms with Crippen molar-refractivity contribution in [2.45, 2.75) is 12.6 Å².